The summed E-state index contributed by atoms with van der Waals surface area (Å²) in [5.74, 6) is -0.00770. The summed E-state index contributed by atoms with van der Waals surface area (Å²) < 4.78 is 0. The minimum absolute atomic E-state index is 0. The Morgan fingerprint density at radius 3 is 2.53 bits per heavy atom. The van der Waals surface area contributed by atoms with E-state index < -0.39 is 0 Å². The van der Waals surface area contributed by atoms with Crippen LogP contribution in [0.3, 0.4) is 0 Å². The van der Waals surface area contributed by atoms with Gasteiger partial charge in [0.2, 0.25) is 5.91 Å². The summed E-state index contributed by atoms with van der Waals surface area (Å²) in [6, 6.07) is 5.23. The number of carbonyl (C=O) groups is 1. The van der Waals surface area contributed by atoms with E-state index in [1.807, 2.05) is 6.07 Å². The topological polar surface area (TPSA) is 41.1 Å². The molecule has 0 unspecified atom stereocenters. The van der Waals surface area contributed by atoms with Crippen LogP contribution in [-0.4, -0.2) is 25.5 Å². The van der Waals surface area contributed by atoms with Gasteiger partial charge in [-0.3, -0.25) is 4.79 Å². The van der Waals surface area contributed by atoms with Crippen molar-refractivity contribution in [3.8, 4) is 0 Å². The second-order valence-corrected chi connectivity index (χ2v) is 4.84. The maximum Gasteiger partial charge on any atom is 0.224 e. The molecule has 108 valence electrons. The van der Waals surface area contributed by atoms with Crippen LogP contribution in [-0.2, 0) is 11.2 Å². The summed E-state index contributed by atoms with van der Waals surface area (Å²) in [4.78, 5) is 11.6. The van der Waals surface area contributed by atoms with Crippen LogP contribution < -0.4 is 10.6 Å². The normalized spacial score (nSPS) is 9.84. The lowest BCUT2D eigenvalue weighted by atomic mass is 10.1. The summed E-state index contributed by atoms with van der Waals surface area (Å²) in [6.07, 6.45) is 1.42. The molecule has 2 N–H and O–H groups in total. The van der Waals surface area contributed by atoms with Gasteiger partial charge in [0.05, 0.1) is 16.5 Å². The third-order valence-corrected chi connectivity index (χ3v) is 3.14. The van der Waals surface area contributed by atoms with Crippen molar-refractivity contribution >= 4 is 41.5 Å². The van der Waals surface area contributed by atoms with E-state index in [4.69, 9.17) is 23.2 Å². The van der Waals surface area contributed by atoms with Crippen molar-refractivity contribution in [2.75, 3.05) is 19.6 Å². The van der Waals surface area contributed by atoms with E-state index in [1.165, 1.54) is 0 Å². The fraction of sp³-hybridized carbons (Fsp3) is 0.462. The van der Waals surface area contributed by atoms with E-state index in [0.29, 0.717) is 23.0 Å². The minimum Gasteiger partial charge on any atom is -0.355 e. The van der Waals surface area contributed by atoms with Crippen molar-refractivity contribution in [1.82, 2.24) is 10.6 Å². The van der Waals surface area contributed by atoms with Gasteiger partial charge in [0.1, 0.15) is 0 Å². The zero-order valence-electron chi connectivity index (χ0n) is 10.8. The number of carbonyl (C=O) groups excluding carboxylic acids is 1. The molecular weight excluding hydrogens is 307 g/mol. The third-order valence-electron chi connectivity index (χ3n) is 2.40. The second kappa shape index (κ2) is 10.3. The Balaban J connectivity index is 0.00000324. The highest BCUT2D eigenvalue weighted by Crippen LogP contribution is 2.22. The standard InChI is InChI=1S/C13H18Cl2N2O.ClH/c1-2-5-16-6-7-17-13(18)9-10-3-4-11(14)12(15)8-10;/h3-4,8,16H,2,5-7,9H2,1H3,(H,17,18);1H. The molecule has 0 aliphatic heterocycles. The lowest BCUT2D eigenvalue weighted by Gasteiger charge is -2.06. The highest BCUT2D eigenvalue weighted by atomic mass is 35.5. The number of benzene rings is 1. The summed E-state index contributed by atoms with van der Waals surface area (Å²) in [5.41, 5.74) is 0.864. The van der Waals surface area contributed by atoms with Crippen LogP contribution in [0.15, 0.2) is 18.2 Å². The summed E-state index contributed by atoms with van der Waals surface area (Å²) in [5, 5.41) is 7.05. The Morgan fingerprint density at radius 2 is 1.89 bits per heavy atom. The molecule has 0 atom stereocenters. The average Bonchev–Trinajstić information content (AvgIpc) is 2.34. The first-order valence-electron chi connectivity index (χ1n) is 6.04. The van der Waals surface area contributed by atoms with Crippen LogP contribution in [0.25, 0.3) is 0 Å². The maximum absolute atomic E-state index is 11.6. The predicted octanol–water partition coefficient (Wildman–Crippen LogP) is 3.07. The number of halogens is 3. The van der Waals surface area contributed by atoms with Gasteiger partial charge in [-0.15, -0.1) is 12.4 Å². The van der Waals surface area contributed by atoms with Crippen molar-refractivity contribution in [3.63, 3.8) is 0 Å². The van der Waals surface area contributed by atoms with Gasteiger partial charge in [-0.1, -0.05) is 36.2 Å². The number of amides is 1. The minimum atomic E-state index is -0.00770. The molecule has 1 amide bonds. The Morgan fingerprint density at radius 1 is 1.16 bits per heavy atom. The molecule has 0 bridgehead atoms. The average molecular weight is 326 g/mol. The molecule has 0 heterocycles. The Kier molecular flexibility index (Phi) is 10.1. The monoisotopic (exact) mass is 324 g/mol. The largest absolute Gasteiger partial charge is 0.355 e. The lowest BCUT2D eigenvalue weighted by molar-refractivity contribution is -0.120. The first kappa shape index (κ1) is 18.5. The zero-order chi connectivity index (χ0) is 13.4. The van der Waals surface area contributed by atoms with E-state index in [-0.39, 0.29) is 18.3 Å². The molecule has 1 rings (SSSR count). The van der Waals surface area contributed by atoms with Gasteiger partial charge in [0.15, 0.2) is 0 Å². The molecule has 0 saturated carbocycles. The predicted molar refractivity (Wildman–Crippen MR) is 83.6 cm³/mol. The SMILES string of the molecule is CCCNCCNC(=O)Cc1ccc(Cl)c(Cl)c1.Cl. The molecule has 0 radical (unpaired) electrons. The molecule has 0 aromatic heterocycles. The molecule has 0 aliphatic rings. The van der Waals surface area contributed by atoms with Crippen LogP contribution in [0.5, 0.6) is 0 Å². The number of nitrogens with one attached hydrogen (secondary N) is 2. The van der Waals surface area contributed by atoms with Crippen LogP contribution >= 0.6 is 35.6 Å². The molecule has 0 aliphatic carbocycles. The molecular formula is C13H19Cl3N2O. The Labute approximate surface area is 130 Å². The number of hydrogen-bond donors (Lipinski definition) is 2. The van der Waals surface area contributed by atoms with Gasteiger partial charge in [0, 0.05) is 13.1 Å². The first-order chi connectivity index (χ1) is 8.63. The first-order valence-corrected chi connectivity index (χ1v) is 6.80. The van der Waals surface area contributed by atoms with Crippen LogP contribution in [0.2, 0.25) is 10.0 Å². The van der Waals surface area contributed by atoms with Gasteiger partial charge in [0.25, 0.3) is 0 Å². The van der Waals surface area contributed by atoms with Gasteiger partial charge in [-0.2, -0.15) is 0 Å². The molecule has 3 nitrogen and oxygen atoms in total. The van der Waals surface area contributed by atoms with E-state index >= 15 is 0 Å². The van der Waals surface area contributed by atoms with E-state index in [9.17, 15) is 4.79 Å². The highest BCUT2D eigenvalue weighted by Gasteiger charge is 2.05. The molecule has 6 heteroatoms. The molecule has 0 spiro atoms. The van der Waals surface area contributed by atoms with E-state index in [2.05, 4.69) is 17.6 Å². The van der Waals surface area contributed by atoms with Crippen LogP contribution in [0.1, 0.15) is 18.9 Å². The molecule has 0 fully saturated rings. The summed E-state index contributed by atoms with van der Waals surface area (Å²) in [7, 11) is 0. The van der Waals surface area contributed by atoms with Crippen molar-refractivity contribution in [1.29, 1.82) is 0 Å². The summed E-state index contributed by atoms with van der Waals surface area (Å²) in [6.45, 7) is 4.51. The summed E-state index contributed by atoms with van der Waals surface area (Å²) >= 11 is 11.7. The van der Waals surface area contributed by atoms with Crippen molar-refractivity contribution in [2.45, 2.75) is 19.8 Å². The van der Waals surface area contributed by atoms with Crippen LogP contribution in [0.4, 0.5) is 0 Å². The van der Waals surface area contributed by atoms with Crippen molar-refractivity contribution in [2.24, 2.45) is 0 Å². The number of hydrogen-bond acceptors (Lipinski definition) is 2. The molecule has 19 heavy (non-hydrogen) atoms. The van der Waals surface area contributed by atoms with Gasteiger partial charge < -0.3 is 10.6 Å². The molecule has 1 aromatic rings. The Bertz CT molecular complexity index is 399. The zero-order valence-corrected chi connectivity index (χ0v) is 13.2. The van der Waals surface area contributed by atoms with Gasteiger partial charge in [-0.25, -0.2) is 0 Å². The maximum atomic E-state index is 11.6. The van der Waals surface area contributed by atoms with Gasteiger partial charge in [-0.05, 0) is 30.7 Å². The fourth-order valence-electron chi connectivity index (χ4n) is 1.49. The highest BCUT2D eigenvalue weighted by molar-refractivity contribution is 6.42. The van der Waals surface area contributed by atoms with Crippen molar-refractivity contribution in [3.05, 3.63) is 33.8 Å². The fourth-order valence-corrected chi connectivity index (χ4v) is 1.81. The van der Waals surface area contributed by atoms with Crippen LogP contribution in [0, 0.1) is 0 Å². The molecule has 0 saturated heterocycles. The van der Waals surface area contributed by atoms with E-state index in [1.54, 1.807) is 12.1 Å². The number of rotatable bonds is 7. The van der Waals surface area contributed by atoms with E-state index in [0.717, 1.165) is 25.1 Å². The molecule has 1 aromatic carbocycles. The van der Waals surface area contributed by atoms with Crippen molar-refractivity contribution < 1.29 is 4.79 Å². The third kappa shape index (κ3) is 7.63. The van der Waals surface area contributed by atoms with Gasteiger partial charge >= 0.3 is 0 Å². The second-order valence-electron chi connectivity index (χ2n) is 4.03. The Hall–Kier alpha value is -0.480. The smallest absolute Gasteiger partial charge is 0.224 e. The lowest BCUT2D eigenvalue weighted by Crippen LogP contribution is -2.32. The quantitative estimate of drug-likeness (QED) is 0.757.